The van der Waals surface area contributed by atoms with Gasteiger partial charge in [0, 0.05) is 12.2 Å². The van der Waals surface area contributed by atoms with Crippen LogP contribution in [0.5, 0.6) is 0 Å². The lowest BCUT2D eigenvalue weighted by Crippen LogP contribution is -2.31. The minimum Gasteiger partial charge on any atom is -0.481 e. The van der Waals surface area contributed by atoms with Crippen LogP contribution in [-0.2, 0) is 4.79 Å². The Labute approximate surface area is 101 Å². The molecule has 0 spiro atoms. The Morgan fingerprint density at radius 2 is 2.35 bits per heavy atom. The molecular formula is C13H18N2O2. The fourth-order valence-electron chi connectivity index (χ4n) is 2.40. The molecule has 0 aromatic carbocycles. The van der Waals surface area contributed by atoms with Gasteiger partial charge in [0.25, 0.3) is 0 Å². The van der Waals surface area contributed by atoms with Gasteiger partial charge >= 0.3 is 5.97 Å². The highest BCUT2D eigenvalue weighted by molar-refractivity contribution is 5.70. The third kappa shape index (κ3) is 2.96. The summed E-state index contributed by atoms with van der Waals surface area (Å²) in [5.74, 6) is -0.863. The van der Waals surface area contributed by atoms with Crippen molar-refractivity contribution in [2.75, 3.05) is 5.32 Å². The number of aryl methyl sites for hydroxylation is 1. The molecule has 0 radical (unpaired) electrons. The van der Waals surface area contributed by atoms with E-state index in [0.717, 1.165) is 30.6 Å². The Morgan fingerprint density at radius 3 is 3.06 bits per heavy atom. The summed E-state index contributed by atoms with van der Waals surface area (Å²) in [6, 6.07) is 4.15. The van der Waals surface area contributed by atoms with Crippen LogP contribution in [0, 0.1) is 12.8 Å². The Balaban J connectivity index is 1.99. The monoisotopic (exact) mass is 234 g/mol. The molecular weight excluding hydrogens is 216 g/mol. The Hall–Kier alpha value is -1.58. The molecule has 2 atom stereocenters. The summed E-state index contributed by atoms with van der Waals surface area (Å²) in [5, 5.41) is 12.4. The molecule has 1 saturated carbocycles. The van der Waals surface area contributed by atoms with Gasteiger partial charge in [-0.1, -0.05) is 6.42 Å². The molecule has 2 rings (SSSR count). The number of nitrogens with one attached hydrogen (secondary N) is 1. The molecule has 1 fully saturated rings. The van der Waals surface area contributed by atoms with E-state index in [2.05, 4.69) is 10.3 Å². The number of aliphatic carboxylic acids is 1. The number of carboxylic acid groups (broad SMARTS) is 1. The molecule has 92 valence electrons. The second-order valence-corrected chi connectivity index (χ2v) is 4.68. The van der Waals surface area contributed by atoms with Crippen LogP contribution in [0.25, 0.3) is 0 Å². The molecule has 4 nitrogen and oxygen atoms in total. The standard InChI is InChI=1S/C13H18N2O2/c1-9-12(6-3-7-14-9)15-11-5-2-4-10(8-11)13(16)17/h3,6-7,10-11,15H,2,4-5,8H2,1H3,(H,16,17). The summed E-state index contributed by atoms with van der Waals surface area (Å²) >= 11 is 0. The van der Waals surface area contributed by atoms with Crippen molar-refractivity contribution in [3.8, 4) is 0 Å². The van der Waals surface area contributed by atoms with Gasteiger partial charge in [0.1, 0.15) is 0 Å². The van der Waals surface area contributed by atoms with Crippen LogP contribution in [0.4, 0.5) is 5.69 Å². The van der Waals surface area contributed by atoms with Gasteiger partial charge in [0.05, 0.1) is 17.3 Å². The molecule has 1 aromatic heterocycles. The summed E-state index contributed by atoms with van der Waals surface area (Å²) in [7, 11) is 0. The van der Waals surface area contributed by atoms with Crippen molar-refractivity contribution in [2.24, 2.45) is 5.92 Å². The lowest BCUT2D eigenvalue weighted by Gasteiger charge is -2.28. The van der Waals surface area contributed by atoms with Crippen LogP contribution in [0.3, 0.4) is 0 Å². The van der Waals surface area contributed by atoms with Crippen molar-refractivity contribution in [1.29, 1.82) is 0 Å². The first-order chi connectivity index (χ1) is 8.16. The van der Waals surface area contributed by atoms with E-state index >= 15 is 0 Å². The van der Waals surface area contributed by atoms with E-state index in [1.165, 1.54) is 0 Å². The predicted octanol–water partition coefficient (Wildman–Crippen LogP) is 2.45. The third-order valence-electron chi connectivity index (χ3n) is 3.39. The summed E-state index contributed by atoms with van der Waals surface area (Å²) < 4.78 is 0. The first kappa shape index (κ1) is 11.9. The van der Waals surface area contributed by atoms with Crippen LogP contribution >= 0.6 is 0 Å². The molecule has 1 aromatic rings. The van der Waals surface area contributed by atoms with Gasteiger partial charge in [0.2, 0.25) is 0 Å². The zero-order chi connectivity index (χ0) is 12.3. The fraction of sp³-hybridized carbons (Fsp3) is 0.538. The maximum Gasteiger partial charge on any atom is 0.306 e. The summed E-state index contributed by atoms with van der Waals surface area (Å²) in [6.07, 6.45) is 5.30. The van der Waals surface area contributed by atoms with Crippen LogP contribution in [0.2, 0.25) is 0 Å². The molecule has 4 heteroatoms. The van der Waals surface area contributed by atoms with Crippen molar-refractivity contribution in [1.82, 2.24) is 4.98 Å². The highest BCUT2D eigenvalue weighted by Crippen LogP contribution is 2.27. The smallest absolute Gasteiger partial charge is 0.306 e. The number of nitrogens with zero attached hydrogens (tertiary/aromatic N) is 1. The van der Waals surface area contributed by atoms with Crippen molar-refractivity contribution in [3.63, 3.8) is 0 Å². The fourth-order valence-corrected chi connectivity index (χ4v) is 2.40. The van der Waals surface area contributed by atoms with Crippen molar-refractivity contribution in [3.05, 3.63) is 24.0 Å². The average Bonchev–Trinajstić information content (AvgIpc) is 2.32. The van der Waals surface area contributed by atoms with Gasteiger partial charge in [-0.2, -0.15) is 0 Å². The Kier molecular flexibility index (Phi) is 3.61. The predicted molar refractivity (Wildman–Crippen MR) is 66.0 cm³/mol. The molecule has 0 bridgehead atoms. The number of carboxylic acids is 1. The van der Waals surface area contributed by atoms with Crippen LogP contribution in [-0.4, -0.2) is 22.1 Å². The quantitative estimate of drug-likeness (QED) is 0.843. The number of anilines is 1. The lowest BCUT2D eigenvalue weighted by molar-refractivity contribution is -0.142. The summed E-state index contributed by atoms with van der Waals surface area (Å²) in [4.78, 5) is 15.2. The molecule has 1 aliphatic rings. The molecule has 0 aliphatic heterocycles. The average molecular weight is 234 g/mol. The highest BCUT2D eigenvalue weighted by Gasteiger charge is 2.26. The van der Waals surface area contributed by atoms with E-state index < -0.39 is 5.97 Å². The van der Waals surface area contributed by atoms with Crippen LogP contribution in [0.1, 0.15) is 31.4 Å². The second kappa shape index (κ2) is 5.17. The first-order valence-electron chi connectivity index (χ1n) is 6.08. The minimum absolute atomic E-state index is 0.196. The van der Waals surface area contributed by atoms with Crippen LogP contribution < -0.4 is 5.32 Å². The molecule has 17 heavy (non-hydrogen) atoms. The molecule has 0 saturated heterocycles. The van der Waals surface area contributed by atoms with Crippen molar-refractivity contribution in [2.45, 2.75) is 38.6 Å². The van der Waals surface area contributed by atoms with Gasteiger partial charge in [-0.15, -0.1) is 0 Å². The lowest BCUT2D eigenvalue weighted by atomic mass is 9.85. The van der Waals surface area contributed by atoms with E-state index in [9.17, 15) is 4.79 Å². The first-order valence-corrected chi connectivity index (χ1v) is 6.08. The van der Waals surface area contributed by atoms with Crippen molar-refractivity contribution >= 4 is 11.7 Å². The normalized spacial score (nSPS) is 24.3. The topological polar surface area (TPSA) is 62.2 Å². The summed E-state index contributed by atoms with van der Waals surface area (Å²) in [5.41, 5.74) is 1.98. The van der Waals surface area contributed by atoms with Gasteiger partial charge in [-0.25, -0.2) is 0 Å². The van der Waals surface area contributed by atoms with E-state index in [1.54, 1.807) is 6.20 Å². The van der Waals surface area contributed by atoms with E-state index in [4.69, 9.17) is 5.11 Å². The zero-order valence-corrected chi connectivity index (χ0v) is 10.0. The number of hydrogen-bond donors (Lipinski definition) is 2. The molecule has 1 heterocycles. The van der Waals surface area contributed by atoms with Gasteiger partial charge in [-0.05, 0) is 38.3 Å². The Morgan fingerprint density at radius 1 is 1.53 bits per heavy atom. The third-order valence-corrected chi connectivity index (χ3v) is 3.39. The molecule has 0 amide bonds. The molecule has 1 aliphatic carbocycles. The van der Waals surface area contributed by atoms with Gasteiger partial charge < -0.3 is 10.4 Å². The number of carbonyl (C=O) groups is 1. The Bertz CT molecular complexity index is 406. The SMILES string of the molecule is Cc1ncccc1NC1CCCC(C(=O)O)C1. The highest BCUT2D eigenvalue weighted by atomic mass is 16.4. The zero-order valence-electron chi connectivity index (χ0n) is 10.0. The number of aromatic nitrogens is 1. The molecule has 2 N–H and O–H groups in total. The van der Waals surface area contributed by atoms with E-state index in [0.29, 0.717) is 6.42 Å². The second-order valence-electron chi connectivity index (χ2n) is 4.68. The largest absolute Gasteiger partial charge is 0.481 e. The number of pyridine rings is 1. The summed E-state index contributed by atoms with van der Waals surface area (Å²) in [6.45, 7) is 1.96. The van der Waals surface area contributed by atoms with Gasteiger partial charge in [-0.3, -0.25) is 9.78 Å². The number of rotatable bonds is 3. The molecule has 2 unspecified atom stereocenters. The maximum absolute atomic E-state index is 11.0. The van der Waals surface area contributed by atoms with E-state index in [1.807, 2.05) is 19.1 Å². The van der Waals surface area contributed by atoms with Gasteiger partial charge in [0.15, 0.2) is 0 Å². The van der Waals surface area contributed by atoms with Crippen LogP contribution in [0.15, 0.2) is 18.3 Å². The minimum atomic E-state index is -0.667. The maximum atomic E-state index is 11.0. The van der Waals surface area contributed by atoms with E-state index in [-0.39, 0.29) is 12.0 Å². The van der Waals surface area contributed by atoms with Crippen molar-refractivity contribution < 1.29 is 9.90 Å². The number of hydrogen-bond acceptors (Lipinski definition) is 3.